The molecular formula is C11H13NO3. The minimum Gasteiger partial charge on any atom is -0.508 e. The van der Waals surface area contributed by atoms with E-state index in [1.54, 1.807) is 25.1 Å². The molecule has 4 heteroatoms. The molecule has 1 aromatic rings. The van der Waals surface area contributed by atoms with Crippen LogP contribution in [0.25, 0.3) is 0 Å². The van der Waals surface area contributed by atoms with Crippen LogP contribution < -0.4 is 5.32 Å². The van der Waals surface area contributed by atoms with Crippen molar-refractivity contribution in [1.29, 1.82) is 0 Å². The Hall–Kier alpha value is -1.71. The Morgan fingerprint density at radius 3 is 2.93 bits per heavy atom. The van der Waals surface area contributed by atoms with Gasteiger partial charge >= 0.3 is 5.97 Å². The Labute approximate surface area is 87.6 Å². The van der Waals surface area contributed by atoms with Crippen molar-refractivity contribution in [3.05, 3.63) is 23.8 Å². The SMILES string of the molecule is CC1(C(=O)O)CCc2cc(O)ccc2N1. The molecule has 0 fully saturated rings. The summed E-state index contributed by atoms with van der Waals surface area (Å²) in [5.41, 5.74) is 0.863. The smallest absolute Gasteiger partial charge is 0.329 e. The highest BCUT2D eigenvalue weighted by Crippen LogP contribution is 2.32. The Bertz CT molecular complexity index is 416. The van der Waals surface area contributed by atoms with Gasteiger partial charge in [0.1, 0.15) is 11.3 Å². The second kappa shape index (κ2) is 3.15. The van der Waals surface area contributed by atoms with E-state index in [2.05, 4.69) is 5.32 Å². The number of carboxylic acid groups (broad SMARTS) is 1. The van der Waals surface area contributed by atoms with Crippen LogP contribution in [-0.4, -0.2) is 21.7 Å². The molecule has 1 aliphatic heterocycles. The molecule has 15 heavy (non-hydrogen) atoms. The molecule has 0 saturated carbocycles. The molecule has 1 aliphatic rings. The van der Waals surface area contributed by atoms with Gasteiger partial charge in [-0.2, -0.15) is 0 Å². The van der Waals surface area contributed by atoms with Crippen molar-refractivity contribution in [2.45, 2.75) is 25.3 Å². The zero-order valence-corrected chi connectivity index (χ0v) is 8.45. The highest BCUT2D eigenvalue weighted by atomic mass is 16.4. The van der Waals surface area contributed by atoms with Crippen LogP contribution in [0.2, 0.25) is 0 Å². The van der Waals surface area contributed by atoms with Gasteiger partial charge in [0.25, 0.3) is 0 Å². The first-order valence-corrected chi connectivity index (χ1v) is 4.85. The minimum atomic E-state index is -0.899. The van der Waals surface area contributed by atoms with Crippen LogP contribution in [0.3, 0.4) is 0 Å². The first kappa shape index (κ1) is 9.83. The van der Waals surface area contributed by atoms with Gasteiger partial charge in [-0.25, -0.2) is 4.79 Å². The van der Waals surface area contributed by atoms with Crippen LogP contribution >= 0.6 is 0 Å². The monoisotopic (exact) mass is 207 g/mol. The molecule has 0 aliphatic carbocycles. The number of anilines is 1. The lowest BCUT2D eigenvalue weighted by Crippen LogP contribution is -2.46. The number of carbonyl (C=O) groups is 1. The van der Waals surface area contributed by atoms with Crippen LogP contribution in [0.15, 0.2) is 18.2 Å². The van der Waals surface area contributed by atoms with Crippen LogP contribution in [-0.2, 0) is 11.2 Å². The number of rotatable bonds is 1. The average molecular weight is 207 g/mol. The van der Waals surface area contributed by atoms with Crippen LogP contribution in [0.4, 0.5) is 5.69 Å². The van der Waals surface area contributed by atoms with E-state index in [0.717, 1.165) is 11.3 Å². The number of phenols is 1. The first-order valence-electron chi connectivity index (χ1n) is 4.85. The van der Waals surface area contributed by atoms with E-state index < -0.39 is 11.5 Å². The fourth-order valence-electron chi connectivity index (χ4n) is 1.81. The largest absolute Gasteiger partial charge is 0.508 e. The van der Waals surface area contributed by atoms with Crippen molar-refractivity contribution in [1.82, 2.24) is 0 Å². The second-order valence-corrected chi connectivity index (χ2v) is 4.10. The van der Waals surface area contributed by atoms with Gasteiger partial charge in [-0.1, -0.05) is 0 Å². The van der Waals surface area contributed by atoms with E-state index in [1.807, 2.05) is 0 Å². The number of aromatic hydroxyl groups is 1. The fourth-order valence-corrected chi connectivity index (χ4v) is 1.81. The molecule has 0 amide bonds. The molecule has 1 atom stereocenters. The van der Waals surface area contributed by atoms with Crippen molar-refractivity contribution in [2.75, 3.05) is 5.32 Å². The Morgan fingerprint density at radius 1 is 1.53 bits per heavy atom. The van der Waals surface area contributed by atoms with Gasteiger partial charge in [-0.15, -0.1) is 0 Å². The number of benzene rings is 1. The van der Waals surface area contributed by atoms with Crippen LogP contribution in [0.1, 0.15) is 18.9 Å². The lowest BCUT2D eigenvalue weighted by Gasteiger charge is -2.33. The van der Waals surface area contributed by atoms with E-state index in [0.29, 0.717) is 12.8 Å². The topological polar surface area (TPSA) is 69.6 Å². The van der Waals surface area contributed by atoms with Gasteiger partial charge in [-0.3, -0.25) is 0 Å². The van der Waals surface area contributed by atoms with Gasteiger partial charge in [-0.05, 0) is 43.5 Å². The molecule has 1 heterocycles. The van der Waals surface area contributed by atoms with Gasteiger partial charge in [0.05, 0.1) is 0 Å². The molecule has 0 saturated heterocycles. The number of fused-ring (bicyclic) bond motifs is 1. The summed E-state index contributed by atoms with van der Waals surface area (Å²) in [6, 6.07) is 4.94. The van der Waals surface area contributed by atoms with Crippen molar-refractivity contribution >= 4 is 11.7 Å². The summed E-state index contributed by atoms with van der Waals surface area (Å²) in [7, 11) is 0. The third-order valence-electron chi connectivity index (χ3n) is 2.87. The summed E-state index contributed by atoms with van der Waals surface area (Å²) in [6.45, 7) is 1.67. The van der Waals surface area contributed by atoms with Crippen LogP contribution in [0.5, 0.6) is 5.75 Å². The molecule has 0 spiro atoms. The van der Waals surface area contributed by atoms with E-state index in [1.165, 1.54) is 0 Å². The van der Waals surface area contributed by atoms with E-state index in [-0.39, 0.29) is 5.75 Å². The quantitative estimate of drug-likeness (QED) is 0.612. The normalized spacial score (nSPS) is 24.1. The summed E-state index contributed by atoms with van der Waals surface area (Å²) < 4.78 is 0. The first-order chi connectivity index (χ1) is 7.01. The van der Waals surface area contributed by atoms with Gasteiger partial charge in [0.15, 0.2) is 0 Å². The Kier molecular flexibility index (Phi) is 2.07. The maximum absolute atomic E-state index is 11.0. The Balaban J connectivity index is 2.35. The maximum atomic E-state index is 11.0. The van der Waals surface area contributed by atoms with E-state index in [9.17, 15) is 9.90 Å². The summed E-state index contributed by atoms with van der Waals surface area (Å²) in [4.78, 5) is 11.0. The highest BCUT2D eigenvalue weighted by molar-refractivity contribution is 5.83. The number of aryl methyl sites for hydroxylation is 1. The maximum Gasteiger partial charge on any atom is 0.329 e. The molecule has 1 aromatic carbocycles. The summed E-state index contributed by atoms with van der Waals surface area (Å²) >= 11 is 0. The molecule has 0 bridgehead atoms. The van der Waals surface area contributed by atoms with Crippen molar-refractivity contribution in [3.63, 3.8) is 0 Å². The van der Waals surface area contributed by atoms with E-state index >= 15 is 0 Å². The third-order valence-corrected chi connectivity index (χ3v) is 2.87. The predicted octanol–water partition coefficient (Wildman–Crippen LogP) is 1.59. The molecule has 3 N–H and O–H groups in total. The average Bonchev–Trinajstić information content (AvgIpc) is 2.18. The number of hydrogen-bond acceptors (Lipinski definition) is 3. The molecule has 1 unspecified atom stereocenters. The molecule has 80 valence electrons. The number of nitrogens with one attached hydrogen (secondary N) is 1. The number of phenolic OH excluding ortho intramolecular Hbond substituents is 1. The van der Waals surface area contributed by atoms with Crippen molar-refractivity contribution in [2.24, 2.45) is 0 Å². The third kappa shape index (κ3) is 1.63. The summed E-state index contributed by atoms with van der Waals surface area (Å²) in [5.74, 6) is -0.629. The van der Waals surface area contributed by atoms with Crippen molar-refractivity contribution < 1.29 is 15.0 Å². The number of hydrogen-bond donors (Lipinski definition) is 3. The van der Waals surface area contributed by atoms with Gasteiger partial charge < -0.3 is 15.5 Å². The van der Waals surface area contributed by atoms with E-state index in [4.69, 9.17) is 5.11 Å². The highest BCUT2D eigenvalue weighted by Gasteiger charge is 2.36. The lowest BCUT2D eigenvalue weighted by atomic mass is 9.88. The zero-order valence-electron chi connectivity index (χ0n) is 8.45. The number of aliphatic carboxylic acids is 1. The second-order valence-electron chi connectivity index (χ2n) is 4.10. The summed E-state index contributed by atoms with van der Waals surface area (Å²) in [6.07, 6.45) is 1.19. The molecule has 4 nitrogen and oxygen atoms in total. The predicted molar refractivity (Wildman–Crippen MR) is 56.1 cm³/mol. The fraction of sp³-hybridized carbons (Fsp3) is 0.364. The Morgan fingerprint density at radius 2 is 2.27 bits per heavy atom. The molecule has 0 radical (unpaired) electrons. The minimum absolute atomic E-state index is 0.217. The number of carboxylic acids is 1. The molecular weight excluding hydrogens is 194 g/mol. The van der Waals surface area contributed by atoms with Crippen LogP contribution in [0, 0.1) is 0 Å². The summed E-state index contributed by atoms with van der Waals surface area (Å²) in [5, 5.41) is 21.3. The van der Waals surface area contributed by atoms with Gasteiger partial charge in [0, 0.05) is 5.69 Å². The molecule has 0 aromatic heterocycles. The lowest BCUT2D eigenvalue weighted by molar-refractivity contribution is -0.142. The molecule has 2 rings (SSSR count). The van der Waals surface area contributed by atoms with Gasteiger partial charge in [0.2, 0.25) is 0 Å². The van der Waals surface area contributed by atoms with Crippen molar-refractivity contribution in [3.8, 4) is 5.75 Å². The zero-order chi connectivity index (χ0) is 11.1. The standard InChI is InChI=1S/C11H13NO3/c1-11(10(14)15)5-4-7-6-8(13)2-3-9(7)12-11/h2-3,6,12-13H,4-5H2,1H3,(H,14,15).